The van der Waals surface area contributed by atoms with Crippen molar-refractivity contribution in [1.82, 2.24) is 15.1 Å². The number of aromatic nitrogens is 2. The summed E-state index contributed by atoms with van der Waals surface area (Å²) in [5.74, 6) is -0.925. The number of aryl methyl sites for hydroxylation is 1. The molecule has 1 aromatic heterocycles. The number of benzene rings is 1. The van der Waals surface area contributed by atoms with Crippen LogP contribution < -0.4 is 5.32 Å². The first-order chi connectivity index (χ1) is 9.58. The molecule has 0 fully saturated rings. The fraction of sp³-hybridized carbons (Fsp3) is 0.333. The molecule has 0 amide bonds. The number of fused-ring (bicyclic) bond motifs is 1. The van der Waals surface area contributed by atoms with Gasteiger partial charge in [-0.1, -0.05) is 6.07 Å². The van der Waals surface area contributed by atoms with Crippen LogP contribution in [0.5, 0.6) is 0 Å². The van der Waals surface area contributed by atoms with Crippen LogP contribution in [-0.2, 0) is 13.0 Å². The van der Waals surface area contributed by atoms with Gasteiger partial charge in [0.25, 0.3) is 0 Å². The lowest BCUT2D eigenvalue weighted by atomic mass is 10.0. The average Bonchev–Trinajstić information content (AvgIpc) is 2.73. The van der Waals surface area contributed by atoms with Crippen LogP contribution in [0.2, 0.25) is 0 Å². The van der Waals surface area contributed by atoms with E-state index in [0.717, 1.165) is 25.2 Å². The van der Waals surface area contributed by atoms with E-state index in [1.54, 1.807) is 18.5 Å². The van der Waals surface area contributed by atoms with E-state index in [2.05, 4.69) is 22.5 Å². The number of nitrogens with zero attached hydrogens (tertiary/aromatic N) is 2. The lowest BCUT2D eigenvalue weighted by Crippen LogP contribution is -2.23. The minimum Gasteiger partial charge on any atom is -0.478 e. The lowest BCUT2D eigenvalue weighted by molar-refractivity contribution is 0.0695. The third-order valence-corrected chi connectivity index (χ3v) is 3.83. The van der Waals surface area contributed by atoms with Gasteiger partial charge in [-0.25, -0.2) is 9.48 Å². The SMILES string of the molecule is Cc1nn(-c2ccc3c(c2)CNCC3)c(C)c1C(=O)O. The summed E-state index contributed by atoms with van der Waals surface area (Å²) in [6.45, 7) is 5.39. The number of carboxylic acids is 1. The van der Waals surface area contributed by atoms with Crippen molar-refractivity contribution < 1.29 is 9.90 Å². The van der Waals surface area contributed by atoms with Gasteiger partial charge in [0.2, 0.25) is 0 Å². The van der Waals surface area contributed by atoms with E-state index in [-0.39, 0.29) is 0 Å². The average molecular weight is 271 g/mol. The van der Waals surface area contributed by atoms with Crippen LogP contribution in [0.15, 0.2) is 18.2 Å². The standard InChI is InChI=1S/C15H17N3O2/c1-9-14(15(19)20)10(2)18(17-9)13-4-3-11-5-6-16-8-12(11)7-13/h3-4,7,16H,5-6,8H2,1-2H3,(H,19,20). The number of nitrogens with one attached hydrogen (secondary N) is 1. The molecular weight excluding hydrogens is 254 g/mol. The molecular formula is C15H17N3O2. The van der Waals surface area contributed by atoms with Crippen molar-refractivity contribution in [2.24, 2.45) is 0 Å². The number of hydrogen-bond acceptors (Lipinski definition) is 3. The van der Waals surface area contributed by atoms with Crippen molar-refractivity contribution in [1.29, 1.82) is 0 Å². The Hall–Kier alpha value is -2.14. The summed E-state index contributed by atoms with van der Waals surface area (Å²) in [6, 6.07) is 6.21. The van der Waals surface area contributed by atoms with Gasteiger partial charge in [0.15, 0.2) is 0 Å². The molecule has 0 radical (unpaired) electrons. The van der Waals surface area contributed by atoms with Gasteiger partial charge in [-0.05, 0) is 50.1 Å². The molecule has 0 unspecified atom stereocenters. The minimum atomic E-state index is -0.925. The second-order valence-corrected chi connectivity index (χ2v) is 5.14. The first kappa shape index (κ1) is 12.9. The van der Waals surface area contributed by atoms with Gasteiger partial charge in [-0.3, -0.25) is 0 Å². The van der Waals surface area contributed by atoms with E-state index >= 15 is 0 Å². The van der Waals surface area contributed by atoms with E-state index in [1.165, 1.54) is 11.1 Å². The highest BCUT2D eigenvalue weighted by Crippen LogP contribution is 2.22. The monoisotopic (exact) mass is 271 g/mol. The maximum Gasteiger partial charge on any atom is 0.339 e. The van der Waals surface area contributed by atoms with E-state index in [9.17, 15) is 9.90 Å². The first-order valence-corrected chi connectivity index (χ1v) is 6.70. The summed E-state index contributed by atoms with van der Waals surface area (Å²) < 4.78 is 1.72. The molecule has 1 aliphatic heterocycles. The Morgan fingerprint density at radius 2 is 2.15 bits per heavy atom. The van der Waals surface area contributed by atoms with Crippen molar-refractivity contribution >= 4 is 5.97 Å². The Kier molecular flexibility index (Phi) is 3.06. The molecule has 0 saturated carbocycles. The molecule has 104 valence electrons. The second-order valence-electron chi connectivity index (χ2n) is 5.14. The Balaban J connectivity index is 2.10. The zero-order valence-electron chi connectivity index (χ0n) is 11.6. The first-order valence-electron chi connectivity index (χ1n) is 6.70. The third-order valence-electron chi connectivity index (χ3n) is 3.83. The van der Waals surface area contributed by atoms with Crippen molar-refractivity contribution in [3.05, 3.63) is 46.3 Å². The predicted molar refractivity (Wildman–Crippen MR) is 75.4 cm³/mol. The minimum absolute atomic E-state index is 0.292. The van der Waals surface area contributed by atoms with Crippen LogP contribution in [0, 0.1) is 13.8 Å². The van der Waals surface area contributed by atoms with E-state index < -0.39 is 5.97 Å². The molecule has 2 heterocycles. The Labute approximate surface area is 117 Å². The molecule has 5 heteroatoms. The Bertz CT molecular complexity index is 689. The normalized spacial score (nSPS) is 14.1. The molecule has 5 nitrogen and oxygen atoms in total. The molecule has 0 saturated heterocycles. The smallest absolute Gasteiger partial charge is 0.339 e. The summed E-state index contributed by atoms with van der Waals surface area (Å²) in [5.41, 5.74) is 5.04. The molecule has 0 spiro atoms. The van der Waals surface area contributed by atoms with Crippen molar-refractivity contribution in [3.63, 3.8) is 0 Å². The number of carboxylic acid groups (broad SMARTS) is 1. The van der Waals surface area contributed by atoms with Gasteiger partial charge in [0.05, 0.1) is 17.1 Å². The third kappa shape index (κ3) is 2.00. The van der Waals surface area contributed by atoms with Gasteiger partial charge in [-0.2, -0.15) is 5.10 Å². The van der Waals surface area contributed by atoms with Gasteiger partial charge in [-0.15, -0.1) is 0 Å². The van der Waals surface area contributed by atoms with E-state index in [1.807, 2.05) is 6.07 Å². The highest BCUT2D eigenvalue weighted by molar-refractivity contribution is 5.90. The summed E-state index contributed by atoms with van der Waals surface area (Å²) in [7, 11) is 0. The zero-order chi connectivity index (χ0) is 14.3. The lowest BCUT2D eigenvalue weighted by Gasteiger charge is -2.18. The van der Waals surface area contributed by atoms with E-state index in [0.29, 0.717) is 17.0 Å². The predicted octanol–water partition coefficient (Wildman–Crippen LogP) is 1.83. The van der Waals surface area contributed by atoms with Crippen LogP contribution in [0.3, 0.4) is 0 Å². The number of hydrogen-bond donors (Lipinski definition) is 2. The molecule has 1 aliphatic rings. The molecule has 2 aromatic rings. The summed E-state index contributed by atoms with van der Waals surface area (Å²) in [5, 5.41) is 16.9. The van der Waals surface area contributed by atoms with Crippen LogP contribution >= 0.6 is 0 Å². The molecule has 0 atom stereocenters. The van der Waals surface area contributed by atoms with Crippen LogP contribution in [-0.4, -0.2) is 27.4 Å². The Morgan fingerprint density at radius 1 is 1.35 bits per heavy atom. The van der Waals surface area contributed by atoms with E-state index in [4.69, 9.17) is 0 Å². The van der Waals surface area contributed by atoms with Crippen LogP contribution in [0.4, 0.5) is 0 Å². The summed E-state index contributed by atoms with van der Waals surface area (Å²) in [6.07, 6.45) is 1.03. The van der Waals surface area contributed by atoms with Gasteiger partial charge >= 0.3 is 5.97 Å². The fourth-order valence-corrected chi connectivity index (χ4v) is 2.80. The van der Waals surface area contributed by atoms with Crippen molar-refractivity contribution in [3.8, 4) is 5.69 Å². The quantitative estimate of drug-likeness (QED) is 0.874. The summed E-state index contributed by atoms with van der Waals surface area (Å²) >= 11 is 0. The zero-order valence-corrected chi connectivity index (χ0v) is 11.6. The molecule has 20 heavy (non-hydrogen) atoms. The summed E-state index contributed by atoms with van der Waals surface area (Å²) in [4.78, 5) is 11.3. The van der Waals surface area contributed by atoms with Gasteiger partial charge in [0, 0.05) is 6.54 Å². The topological polar surface area (TPSA) is 67.2 Å². The molecule has 3 rings (SSSR count). The van der Waals surface area contributed by atoms with Crippen molar-refractivity contribution in [2.75, 3.05) is 6.54 Å². The van der Waals surface area contributed by atoms with Crippen molar-refractivity contribution in [2.45, 2.75) is 26.8 Å². The molecule has 0 bridgehead atoms. The highest BCUT2D eigenvalue weighted by atomic mass is 16.4. The molecule has 0 aliphatic carbocycles. The largest absolute Gasteiger partial charge is 0.478 e. The molecule has 1 aromatic carbocycles. The maximum absolute atomic E-state index is 11.3. The number of aromatic carboxylic acids is 1. The molecule has 2 N–H and O–H groups in total. The van der Waals surface area contributed by atoms with Gasteiger partial charge in [0.1, 0.15) is 5.56 Å². The number of carbonyl (C=O) groups is 1. The van der Waals surface area contributed by atoms with Crippen LogP contribution in [0.1, 0.15) is 32.9 Å². The number of rotatable bonds is 2. The van der Waals surface area contributed by atoms with Crippen LogP contribution in [0.25, 0.3) is 5.69 Å². The fourth-order valence-electron chi connectivity index (χ4n) is 2.80. The second kappa shape index (κ2) is 4.76. The highest BCUT2D eigenvalue weighted by Gasteiger charge is 2.19. The maximum atomic E-state index is 11.3. The van der Waals surface area contributed by atoms with Gasteiger partial charge < -0.3 is 10.4 Å². The Morgan fingerprint density at radius 3 is 2.85 bits per heavy atom.